The van der Waals surface area contributed by atoms with Crippen molar-refractivity contribution in [2.75, 3.05) is 26.7 Å². The number of nitrogens with zero attached hydrogens (tertiary/aromatic N) is 2. The molecule has 0 radical (unpaired) electrons. The Labute approximate surface area is 187 Å². The smallest absolute Gasteiger partial charge is 0.317 e. The summed E-state index contributed by atoms with van der Waals surface area (Å²) >= 11 is 0. The Morgan fingerprint density at radius 2 is 2.19 bits per heavy atom. The van der Waals surface area contributed by atoms with Crippen molar-refractivity contribution in [3.8, 4) is 11.8 Å². The molecular formula is C24H28N4O4. The highest BCUT2D eigenvalue weighted by Gasteiger charge is 2.33. The van der Waals surface area contributed by atoms with Crippen molar-refractivity contribution in [1.29, 1.82) is 5.26 Å². The second-order valence-electron chi connectivity index (χ2n) is 8.76. The van der Waals surface area contributed by atoms with E-state index in [4.69, 9.17) is 4.74 Å². The Bertz CT molecular complexity index is 992. The van der Waals surface area contributed by atoms with Crippen LogP contribution in [0.5, 0.6) is 5.75 Å². The van der Waals surface area contributed by atoms with Gasteiger partial charge in [0.05, 0.1) is 25.1 Å². The fraction of sp³-hybridized carbons (Fsp3) is 0.500. The number of carbonyl (C=O) groups is 3. The maximum Gasteiger partial charge on any atom is 0.317 e. The summed E-state index contributed by atoms with van der Waals surface area (Å²) in [5, 5.41) is 15.2. The van der Waals surface area contributed by atoms with Crippen LogP contribution in [-0.4, -0.2) is 55.4 Å². The number of carbonyl (C=O) groups excluding carboxylic acids is 3. The molecule has 0 aromatic heterocycles. The molecule has 2 atom stereocenters. The first-order chi connectivity index (χ1) is 15.5. The van der Waals surface area contributed by atoms with Gasteiger partial charge in [-0.05, 0) is 30.0 Å². The number of rotatable bonds is 10. The summed E-state index contributed by atoms with van der Waals surface area (Å²) < 4.78 is 5.39. The molecule has 0 spiro atoms. The number of benzene rings is 1. The van der Waals surface area contributed by atoms with Gasteiger partial charge in [0.2, 0.25) is 5.91 Å². The predicted octanol–water partition coefficient (Wildman–Crippen LogP) is 2.04. The molecule has 2 fully saturated rings. The minimum Gasteiger partial charge on any atom is -0.496 e. The van der Waals surface area contributed by atoms with Crippen LogP contribution in [0.15, 0.2) is 23.8 Å². The van der Waals surface area contributed by atoms with Crippen LogP contribution in [0.4, 0.5) is 4.79 Å². The number of hydrogen-bond acceptors (Lipinski definition) is 5. The molecule has 0 bridgehead atoms. The number of nitrogens with one attached hydrogen (secondary N) is 2. The lowest BCUT2D eigenvalue weighted by Gasteiger charge is -2.21. The number of ether oxygens (including phenoxy) is 1. The van der Waals surface area contributed by atoms with Crippen LogP contribution < -0.4 is 15.4 Å². The summed E-state index contributed by atoms with van der Waals surface area (Å²) in [6, 6.07) is 7.05. The third-order valence-corrected chi connectivity index (χ3v) is 6.34. The Morgan fingerprint density at radius 1 is 1.38 bits per heavy atom. The van der Waals surface area contributed by atoms with E-state index in [1.807, 2.05) is 24.3 Å². The van der Waals surface area contributed by atoms with Crippen LogP contribution >= 0.6 is 0 Å². The molecule has 4 rings (SSSR count). The van der Waals surface area contributed by atoms with Gasteiger partial charge in [-0.25, -0.2) is 4.79 Å². The average molecular weight is 437 g/mol. The van der Waals surface area contributed by atoms with E-state index >= 15 is 0 Å². The van der Waals surface area contributed by atoms with Crippen LogP contribution in [0.3, 0.4) is 0 Å². The van der Waals surface area contributed by atoms with E-state index in [0.717, 1.165) is 29.7 Å². The van der Waals surface area contributed by atoms with Gasteiger partial charge in [-0.2, -0.15) is 5.26 Å². The number of urea groups is 1. The van der Waals surface area contributed by atoms with Gasteiger partial charge in [0, 0.05) is 43.6 Å². The summed E-state index contributed by atoms with van der Waals surface area (Å²) in [7, 11) is 1.60. The topological polar surface area (TPSA) is 112 Å². The molecule has 8 heteroatoms. The first-order valence-electron chi connectivity index (χ1n) is 11.1. The summed E-state index contributed by atoms with van der Waals surface area (Å²) in [4.78, 5) is 39.4. The van der Waals surface area contributed by atoms with Crippen LogP contribution in [-0.2, 0) is 16.0 Å². The van der Waals surface area contributed by atoms with Crippen LogP contribution in [0.1, 0.15) is 36.8 Å². The Morgan fingerprint density at radius 3 is 2.84 bits per heavy atom. The van der Waals surface area contributed by atoms with Gasteiger partial charge >= 0.3 is 6.03 Å². The highest BCUT2D eigenvalue weighted by molar-refractivity contribution is 6.03. The molecular weight excluding hydrogens is 408 g/mol. The first kappa shape index (κ1) is 21.9. The van der Waals surface area contributed by atoms with E-state index in [1.54, 1.807) is 12.0 Å². The Balaban J connectivity index is 1.41. The molecule has 1 heterocycles. The number of Topliss-reactive ketones (excluding diaryl/α,β-unsaturated/α-hetero) is 1. The lowest BCUT2D eigenvalue weighted by molar-refractivity contribution is -0.126. The lowest BCUT2D eigenvalue weighted by Crippen LogP contribution is -2.43. The van der Waals surface area contributed by atoms with Gasteiger partial charge in [-0.1, -0.05) is 25.0 Å². The standard InChI is InChI=1S/C24H28N4O4/c1-32-22-4-2-3-17-11-18(12-19(17)22)23(30)27-20(9-15-5-6-15)21(29)10-16(13-25)14-28-8-7-26-24(28)31/h2-4,12,15-16,20H,5-11,14H2,1H3,(H,26,31)(H,27,30)/t16?,20-/m0/s1. The van der Waals surface area contributed by atoms with Gasteiger partial charge in [0.1, 0.15) is 5.75 Å². The van der Waals surface area contributed by atoms with E-state index in [-0.39, 0.29) is 30.7 Å². The van der Waals surface area contributed by atoms with Gasteiger partial charge in [-0.3, -0.25) is 9.59 Å². The zero-order chi connectivity index (χ0) is 22.7. The third-order valence-electron chi connectivity index (χ3n) is 6.34. The number of hydrogen-bond donors (Lipinski definition) is 2. The van der Waals surface area contributed by atoms with Gasteiger partial charge < -0.3 is 20.3 Å². The molecule has 3 amide bonds. The molecule has 8 nitrogen and oxygen atoms in total. The quantitative estimate of drug-likeness (QED) is 0.583. The summed E-state index contributed by atoms with van der Waals surface area (Å²) in [5.41, 5.74) is 2.52. The largest absolute Gasteiger partial charge is 0.496 e. The minimum absolute atomic E-state index is 0.0189. The third kappa shape index (κ3) is 4.93. The predicted molar refractivity (Wildman–Crippen MR) is 118 cm³/mol. The van der Waals surface area contributed by atoms with E-state index in [9.17, 15) is 19.6 Å². The molecule has 1 unspecified atom stereocenters. The molecule has 3 aliphatic rings. The fourth-order valence-electron chi connectivity index (χ4n) is 4.36. The maximum absolute atomic E-state index is 13.1. The molecule has 168 valence electrons. The SMILES string of the molecule is COc1cccc2c1C=C(C(=O)N[C@@H](CC1CC1)C(=O)CC(C#N)CN1CCNC1=O)C2. The van der Waals surface area contributed by atoms with E-state index in [2.05, 4.69) is 16.7 Å². The van der Waals surface area contributed by atoms with Gasteiger partial charge in [-0.15, -0.1) is 0 Å². The number of nitriles is 1. The van der Waals surface area contributed by atoms with Crippen LogP contribution in [0, 0.1) is 23.2 Å². The molecule has 1 aliphatic heterocycles. The zero-order valence-electron chi connectivity index (χ0n) is 18.2. The second kappa shape index (κ2) is 9.43. The molecule has 32 heavy (non-hydrogen) atoms. The molecule has 1 aromatic rings. The Hall–Kier alpha value is -3.34. The second-order valence-corrected chi connectivity index (χ2v) is 8.76. The van der Waals surface area contributed by atoms with Gasteiger partial charge in [0.25, 0.3) is 0 Å². The van der Waals surface area contributed by atoms with Crippen molar-refractivity contribution in [3.63, 3.8) is 0 Å². The van der Waals surface area contributed by atoms with Crippen molar-refractivity contribution in [3.05, 3.63) is 34.9 Å². The lowest BCUT2D eigenvalue weighted by atomic mass is 9.95. The average Bonchev–Trinajstić information content (AvgIpc) is 3.35. The monoisotopic (exact) mass is 436 g/mol. The van der Waals surface area contributed by atoms with Crippen molar-refractivity contribution < 1.29 is 19.1 Å². The van der Waals surface area contributed by atoms with E-state index in [1.165, 1.54) is 0 Å². The fourth-order valence-corrected chi connectivity index (χ4v) is 4.36. The summed E-state index contributed by atoms with van der Waals surface area (Å²) in [6.07, 6.45) is 5.04. The highest BCUT2D eigenvalue weighted by atomic mass is 16.5. The van der Waals surface area contributed by atoms with Crippen molar-refractivity contribution >= 4 is 23.8 Å². The van der Waals surface area contributed by atoms with E-state index < -0.39 is 12.0 Å². The molecule has 2 N–H and O–H groups in total. The highest BCUT2D eigenvalue weighted by Crippen LogP contribution is 2.35. The van der Waals surface area contributed by atoms with Crippen molar-refractivity contribution in [2.45, 2.75) is 38.1 Å². The number of fused-ring (bicyclic) bond motifs is 1. The number of ketones is 1. The number of amides is 3. The molecule has 1 saturated heterocycles. The van der Waals surface area contributed by atoms with Crippen molar-refractivity contribution in [2.24, 2.45) is 11.8 Å². The maximum atomic E-state index is 13.1. The van der Waals surface area contributed by atoms with Crippen LogP contribution in [0.25, 0.3) is 6.08 Å². The number of methoxy groups -OCH3 is 1. The molecule has 1 aromatic carbocycles. The summed E-state index contributed by atoms with van der Waals surface area (Å²) in [6.45, 7) is 1.30. The minimum atomic E-state index is -0.621. The van der Waals surface area contributed by atoms with Gasteiger partial charge in [0.15, 0.2) is 5.78 Å². The zero-order valence-corrected chi connectivity index (χ0v) is 18.2. The normalized spacial score (nSPS) is 18.8. The van der Waals surface area contributed by atoms with Crippen LogP contribution in [0.2, 0.25) is 0 Å². The Kier molecular flexibility index (Phi) is 6.45. The van der Waals surface area contributed by atoms with Crippen molar-refractivity contribution in [1.82, 2.24) is 15.5 Å². The van der Waals surface area contributed by atoms with E-state index in [0.29, 0.717) is 37.4 Å². The molecule has 2 aliphatic carbocycles. The molecule has 1 saturated carbocycles. The summed E-state index contributed by atoms with van der Waals surface area (Å²) in [5.74, 6) is 0.159. The first-order valence-corrected chi connectivity index (χ1v) is 11.1.